The van der Waals surface area contributed by atoms with Gasteiger partial charge in [0.2, 0.25) is 0 Å². The summed E-state index contributed by atoms with van der Waals surface area (Å²) in [5, 5.41) is 4.63. The smallest absolute Gasteiger partial charge is 0.156 e. The molecule has 1 saturated carbocycles. The Bertz CT molecular complexity index is 884. The molecule has 1 aliphatic rings. The highest BCUT2D eigenvalue weighted by molar-refractivity contribution is 7.18. The van der Waals surface area contributed by atoms with Crippen LogP contribution in [0.15, 0.2) is 30.3 Å². The average Bonchev–Trinajstić information content (AvgIpc) is 3.05. The third kappa shape index (κ3) is 5.99. The third-order valence-electron chi connectivity index (χ3n) is 4.87. The van der Waals surface area contributed by atoms with Gasteiger partial charge in [-0.1, -0.05) is 12.1 Å². The number of fused-ring (bicyclic) bond motifs is 1. The lowest BCUT2D eigenvalue weighted by atomic mass is 9.78. The average molecular weight is 456 g/mol. The predicted molar refractivity (Wildman–Crippen MR) is 124 cm³/mol. The van der Waals surface area contributed by atoms with Crippen molar-refractivity contribution in [2.24, 2.45) is 5.73 Å². The van der Waals surface area contributed by atoms with Gasteiger partial charge in [0.25, 0.3) is 0 Å². The van der Waals surface area contributed by atoms with Crippen molar-refractivity contribution in [1.82, 2.24) is 15.0 Å². The van der Waals surface area contributed by atoms with E-state index < -0.39 is 0 Å². The molecule has 9 heteroatoms. The number of anilines is 1. The second-order valence-electron chi connectivity index (χ2n) is 7.06. The maximum atomic E-state index is 5.93. The predicted octanol–water partition coefficient (Wildman–Crippen LogP) is 4.33. The number of hydrogen-bond donors (Lipinski definition) is 2. The molecule has 0 spiro atoms. The lowest BCUT2D eigenvalue weighted by Crippen LogP contribution is -2.35. The molecule has 2 heterocycles. The summed E-state index contributed by atoms with van der Waals surface area (Å²) in [6.07, 6.45) is 3.97. The zero-order valence-electron chi connectivity index (χ0n) is 16.3. The largest absolute Gasteiger partial charge is 0.377 e. The molecule has 1 aliphatic carbocycles. The molecule has 29 heavy (non-hydrogen) atoms. The second kappa shape index (κ2) is 11.0. The summed E-state index contributed by atoms with van der Waals surface area (Å²) < 4.78 is 6.47. The number of nitrogens with zero attached hydrogens (tertiary/aromatic N) is 3. The summed E-state index contributed by atoms with van der Waals surface area (Å²) in [7, 11) is 1.67. The number of nitrogens with one attached hydrogen (secondary N) is 1. The zero-order valence-corrected chi connectivity index (χ0v) is 18.8. The quantitative estimate of drug-likeness (QED) is 0.491. The van der Waals surface area contributed by atoms with Gasteiger partial charge < -0.3 is 15.8 Å². The fourth-order valence-corrected chi connectivity index (χ4v) is 4.41. The Labute approximate surface area is 187 Å². The van der Waals surface area contributed by atoms with Crippen LogP contribution in [0, 0.1) is 0 Å². The monoisotopic (exact) mass is 455 g/mol. The van der Waals surface area contributed by atoms with E-state index in [0.717, 1.165) is 55.1 Å². The minimum atomic E-state index is 0. The van der Waals surface area contributed by atoms with Crippen LogP contribution in [0.1, 0.15) is 41.7 Å². The molecule has 3 N–H and O–H groups in total. The number of nitrogens with two attached hydrogens (primary N) is 1. The van der Waals surface area contributed by atoms with E-state index in [2.05, 4.69) is 39.6 Å². The van der Waals surface area contributed by atoms with E-state index >= 15 is 0 Å². The lowest BCUT2D eigenvalue weighted by molar-refractivity contribution is 0.177. The summed E-state index contributed by atoms with van der Waals surface area (Å²) in [6.45, 7) is 1.27. The van der Waals surface area contributed by atoms with Gasteiger partial charge in [0, 0.05) is 43.8 Å². The van der Waals surface area contributed by atoms with E-state index in [1.54, 1.807) is 18.4 Å². The summed E-state index contributed by atoms with van der Waals surface area (Å²) in [5.41, 5.74) is 8.10. The van der Waals surface area contributed by atoms with Gasteiger partial charge in [-0.2, -0.15) is 0 Å². The van der Waals surface area contributed by atoms with Crippen LogP contribution in [-0.4, -0.2) is 34.6 Å². The Kier molecular flexibility index (Phi) is 9.04. The van der Waals surface area contributed by atoms with E-state index in [4.69, 9.17) is 15.5 Å². The number of benzene rings is 1. The molecule has 6 nitrogen and oxygen atoms in total. The normalized spacial score (nSPS) is 17.9. The first-order chi connectivity index (χ1) is 13.2. The number of halogens is 2. The summed E-state index contributed by atoms with van der Waals surface area (Å²) in [5.74, 6) is 2.04. The van der Waals surface area contributed by atoms with E-state index in [9.17, 15) is 0 Å². The standard InChI is InChI=1S/C20H25N5OS.2ClH/c1-26-12-19-23-16(13-9-14(21)10-13)11-18(25-19)22-8-4-7-20-24-15-5-2-3-6-17(15)27-20;;/h2-3,5-6,11,13-14H,4,7-10,12,21H2,1H3,(H,22,23,25);2*1H. The van der Waals surface area contributed by atoms with Gasteiger partial charge >= 0.3 is 0 Å². The van der Waals surface area contributed by atoms with Crippen LogP contribution < -0.4 is 11.1 Å². The molecule has 0 atom stereocenters. The second-order valence-corrected chi connectivity index (χ2v) is 8.18. The lowest BCUT2D eigenvalue weighted by Gasteiger charge is -2.32. The molecule has 0 amide bonds. The van der Waals surface area contributed by atoms with Crippen molar-refractivity contribution in [2.45, 2.75) is 44.2 Å². The van der Waals surface area contributed by atoms with Crippen LogP contribution >= 0.6 is 36.2 Å². The van der Waals surface area contributed by atoms with Crippen LogP contribution in [0.25, 0.3) is 10.2 Å². The SMILES string of the molecule is COCc1nc(NCCCc2nc3ccccc3s2)cc(C2CC(N)C2)n1.Cl.Cl. The minimum absolute atomic E-state index is 0. The van der Waals surface area contributed by atoms with Crippen molar-refractivity contribution >= 4 is 52.2 Å². The van der Waals surface area contributed by atoms with Crippen molar-refractivity contribution in [3.8, 4) is 0 Å². The number of hydrogen-bond acceptors (Lipinski definition) is 7. The number of aryl methyl sites for hydroxylation is 1. The first-order valence-corrected chi connectivity index (χ1v) is 10.2. The van der Waals surface area contributed by atoms with E-state index in [0.29, 0.717) is 18.6 Å². The summed E-state index contributed by atoms with van der Waals surface area (Å²) in [6, 6.07) is 10.7. The topological polar surface area (TPSA) is 86.0 Å². The molecule has 0 bridgehead atoms. The number of ether oxygens (including phenoxy) is 1. The minimum Gasteiger partial charge on any atom is -0.377 e. The molecule has 1 aromatic carbocycles. The van der Waals surface area contributed by atoms with Gasteiger partial charge in [-0.15, -0.1) is 36.2 Å². The Morgan fingerprint density at radius 2 is 1.97 bits per heavy atom. The molecular weight excluding hydrogens is 429 g/mol. The number of rotatable bonds is 8. The van der Waals surface area contributed by atoms with Crippen LogP contribution in [0.4, 0.5) is 5.82 Å². The highest BCUT2D eigenvalue weighted by atomic mass is 35.5. The van der Waals surface area contributed by atoms with Crippen molar-refractivity contribution < 1.29 is 4.74 Å². The summed E-state index contributed by atoms with van der Waals surface area (Å²) >= 11 is 1.78. The maximum Gasteiger partial charge on any atom is 0.156 e. The van der Waals surface area contributed by atoms with Crippen molar-refractivity contribution in [1.29, 1.82) is 0 Å². The Balaban J connectivity index is 0.00000150. The molecule has 0 radical (unpaired) electrons. The van der Waals surface area contributed by atoms with Crippen molar-refractivity contribution in [2.75, 3.05) is 19.0 Å². The Morgan fingerprint density at radius 1 is 1.17 bits per heavy atom. The van der Waals surface area contributed by atoms with E-state index in [-0.39, 0.29) is 24.8 Å². The maximum absolute atomic E-state index is 5.93. The highest BCUT2D eigenvalue weighted by Crippen LogP contribution is 2.35. The van der Waals surface area contributed by atoms with E-state index in [1.165, 1.54) is 9.71 Å². The van der Waals surface area contributed by atoms with Gasteiger partial charge in [-0.25, -0.2) is 15.0 Å². The summed E-state index contributed by atoms with van der Waals surface area (Å²) in [4.78, 5) is 13.9. The number of methoxy groups -OCH3 is 1. The van der Waals surface area contributed by atoms with Gasteiger partial charge in [-0.3, -0.25) is 0 Å². The number of para-hydroxylation sites is 1. The third-order valence-corrected chi connectivity index (χ3v) is 5.97. The molecule has 158 valence electrons. The zero-order chi connectivity index (χ0) is 18.6. The van der Waals surface area contributed by atoms with E-state index in [1.807, 2.05) is 6.07 Å². The van der Waals surface area contributed by atoms with Crippen molar-refractivity contribution in [3.05, 3.63) is 46.9 Å². The van der Waals surface area contributed by atoms with Crippen LogP contribution in [-0.2, 0) is 17.8 Å². The number of thiazole rings is 1. The van der Waals surface area contributed by atoms with Crippen molar-refractivity contribution in [3.63, 3.8) is 0 Å². The molecule has 2 aromatic heterocycles. The van der Waals surface area contributed by atoms with Gasteiger partial charge in [0.05, 0.1) is 15.2 Å². The number of aromatic nitrogens is 3. The fraction of sp³-hybridized carbons (Fsp3) is 0.450. The van der Waals surface area contributed by atoms with Crippen LogP contribution in [0.5, 0.6) is 0 Å². The molecule has 0 aliphatic heterocycles. The Morgan fingerprint density at radius 3 is 2.69 bits per heavy atom. The van der Waals surface area contributed by atoms with Gasteiger partial charge in [0.15, 0.2) is 5.82 Å². The molecule has 0 unspecified atom stereocenters. The van der Waals surface area contributed by atoms with Crippen LogP contribution in [0.2, 0.25) is 0 Å². The molecule has 4 rings (SSSR count). The first-order valence-electron chi connectivity index (χ1n) is 9.42. The molecule has 1 fully saturated rings. The van der Waals surface area contributed by atoms with Gasteiger partial charge in [0.1, 0.15) is 12.4 Å². The highest BCUT2D eigenvalue weighted by Gasteiger charge is 2.29. The van der Waals surface area contributed by atoms with Gasteiger partial charge in [-0.05, 0) is 31.4 Å². The van der Waals surface area contributed by atoms with Crippen LogP contribution in [0.3, 0.4) is 0 Å². The fourth-order valence-electron chi connectivity index (χ4n) is 3.40. The Hall–Kier alpha value is -1.51. The molecule has 3 aromatic rings. The first kappa shape index (κ1) is 23.8. The molecular formula is C20H27Cl2N5OS. The molecule has 0 saturated heterocycles.